The van der Waals surface area contributed by atoms with Crippen LogP contribution in [0.15, 0.2) is 4.52 Å². The minimum absolute atomic E-state index is 0. The first-order valence-corrected chi connectivity index (χ1v) is 6.81. The second-order valence-corrected chi connectivity index (χ2v) is 5.18. The molecule has 1 fully saturated rings. The molecule has 2 heterocycles. The first-order chi connectivity index (χ1) is 8.67. The summed E-state index contributed by atoms with van der Waals surface area (Å²) in [6.07, 6.45) is 5.69. The summed E-state index contributed by atoms with van der Waals surface area (Å²) in [7, 11) is 1.93. The zero-order valence-corrected chi connectivity index (χ0v) is 12.7. The van der Waals surface area contributed by atoms with Gasteiger partial charge in [-0.25, -0.2) is 0 Å². The van der Waals surface area contributed by atoms with Crippen LogP contribution in [0.5, 0.6) is 0 Å². The van der Waals surface area contributed by atoms with Crippen LogP contribution in [0.2, 0.25) is 0 Å². The molecule has 3 unspecified atom stereocenters. The number of halogens is 1. The van der Waals surface area contributed by atoms with Crippen molar-refractivity contribution >= 4 is 12.4 Å². The van der Waals surface area contributed by atoms with E-state index in [9.17, 15) is 0 Å². The van der Waals surface area contributed by atoms with Crippen LogP contribution in [0.4, 0.5) is 0 Å². The number of hydrogen-bond donors (Lipinski definition) is 1. The summed E-state index contributed by atoms with van der Waals surface area (Å²) in [6.45, 7) is 4.23. The molecule has 0 amide bonds. The summed E-state index contributed by atoms with van der Waals surface area (Å²) in [4.78, 5) is 4.40. The lowest BCUT2D eigenvalue weighted by atomic mass is 10.1. The Labute approximate surface area is 120 Å². The second kappa shape index (κ2) is 7.82. The molecule has 0 saturated carbocycles. The lowest BCUT2D eigenvalue weighted by molar-refractivity contribution is 0.0500. The minimum Gasteiger partial charge on any atom is -0.375 e. The number of rotatable bonds is 6. The largest absolute Gasteiger partial charge is 0.375 e. The zero-order chi connectivity index (χ0) is 13.0. The fourth-order valence-electron chi connectivity index (χ4n) is 2.23. The normalized spacial score (nSPS) is 24.2. The van der Waals surface area contributed by atoms with Gasteiger partial charge >= 0.3 is 0 Å². The van der Waals surface area contributed by atoms with Crippen molar-refractivity contribution < 1.29 is 9.26 Å². The number of hydrogen-bond acceptors (Lipinski definition) is 5. The molecular formula is C13H24ClN3O2. The van der Waals surface area contributed by atoms with E-state index in [1.165, 1.54) is 6.42 Å². The van der Waals surface area contributed by atoms with Crippen LogP contribution < -0.4 is 5.32 Å². The van der Waals surface area contributed by atoms with Gasteiger partial charge in [0.25, 0.3) is 0 Å². The molecule has 1 aliphatic rings. The molecule has 1 saturated heterocycles. The van der Waals surface area contributed by atoms with Crippen LogP contribution in [0.1, 0.15) is 44.8 Å². The Bertz CT molecular complexity index is 373. The molecule has 19 heavy (non-hydrogen) atoms. The van der Waals surface area contributed by atoms with Crippen molar-refractivity contribution in [3.63, 3.8) is 0 Å². The molecule has 1 N–H and O–H groups in total. The van der Waals surface area contributed by atoms with Crippen molar-refractivity contribution in [2.75, 3.05) is 7.05 Å². The van der Waals surface area contributed by atoms with Gasteiger partial charge in [0.05, 0.1) is 12.2 Å². The number of nitrogens with zero attached hydrogens (tertiary/aromatic N) is 2. The van der Waals surface area contributed by atoms with Crippen molar-refractivity contribution in [3.8, 4) is 0 Å². The van der Waals surface area contributed by atoms with Crippen molar-refractivity contribution in [2.45, 2.75) is 64.2 Å². The molecule has 0 bridgehead atoms. The topological polar surface area (TPSA) is 60.2 Å². The third kappa shape index (κ3) is 5.09. The summed E-state index contributed by atoms with van der Waals surface area (Å²) < 4.78 is 11.0. The van der Waals surface area contributed by atoms with E-state index in [0.717, 1.165) is 37.4 Å². The SMILES string of the molecule is CNC(C)Cc1noc(CCC2CCC(C)O2)n1.Cl. The summed E-state index contributed by atoms with van der Waals surface area (Å²) in [5, 5.41) is 7.16. The number of likely N-dealkylation sites (N-methyl/N-ethyl adjacent to an activating group) is 1. The van der Waals surface area contributed by atoms with E-state index in [4.69, 9.17) is 9.26 Å². The molecule has 0 radical (unpaired) electrons. The molecule has 3 atom stereocenters. The van der Waals surface area contributed by atoms with Crippen LogP contribution >= 0.6 is 12.4 Å². The van der Waals surface area contributed by atoms with Gasteiger partial charge in [0, 0.05) is 18.9 Å². The van der Waals surface area contributed by atoms with Crippen molar-refractivity contribution in [1.29, 1.82) is 0 Å². The molecule has 0 spiro atoms. The van der Waals surface area contributed by atoms with Gasteiger partial charge in [0.15, 0.2) is 5.82 Å². The first-order valence-electron chi connectivity index (χ1n) is 6.81. The standard InChI is InChI=1S/C13H23N3O2.ClH/c1-9(14-3)8-12-15-13(18-16-12)7-6-11-5-4-10(2)17-11;/h9-11,14H,4-8H2,1-3H3;1H. The van der Waals surface area contributed by atoms with E-state index in [1.807, 2.05) is 7.05 Å². The Morgan fingerprint density at radius 1 is 1.42 bits per heavy atom. The minimum atomic E-state index is 0. The van der Waals surface area contributed by atoms with E-state index in [1.54, 1.807) is 0 Å². The summed E-state index contributed by atoms with van der Waals surface area (Å²) >= 11 is 0. The van der Waals surface area contributed by atoms with E-state index in [-0.39, 0.29) is 12.4 Å². The molecule has 1 aromatic rings. The van der Waals surface area contributed by atoms with Gasteiger partial charge in [-0.15, -0.1) is 12.4 Å². The average molecular weight is 290 g/mol. The molecule has 6 heteroatoms. The smallest absolute Gasteiger partial charge is 0.226 e. The Morgan fingerprint density at radius 3 is 2.84 bits per heavy atom. The molecule has 110 valence electrons. The highest BCUT2D eigenvalue weighted by molar-refractivity contribution is 5.85. The Hall–Kier alpha value is -0.650. The van der Waals surface area contributed by atoms with Crippen LogP contribution in [0.25, 0.3) is 0 Å². The molecule has 0 aliphatic carbocycles. The number of aromatic nitrogens is 2. The summed E-state index contributed by atoms with van der Waals surface area (Å²) in [5.41, 5.74) is 0. The van der Waals surface area contributed by atoms with Crippen LogP contribution in [0.3, 0.4) is 0 Å². The van der Waals surface area contributed by atoms with Crippen LogP contribution in [0, 0.1) is 0 Å². The van der Waals surface area contributed by atoms with Crippen molar-refractivity contribution in [1.82, 2.24) is 15.5 Å². The van der Waals surface area contributed by atoms with Crippen molar-refractivity contribution in [3.05, 3.63) is 11.7 Å². The van der Waals surface area contributed by atoms with Gasteiger partial charge < -0.3 is 14.6 Å². The fourth-order valence-corrected chi connectivity index (χ4v) is 2.23. The van der Waals surface area contributed by atoms with Gasteiger partial charge in [-0.05, 0) is 40.2 Å². The quantitative estimate of drug-likeness (QED) is 0.869. The molecular weight excluding hydrogens is 266 g/mol. The highest BCUT2D eigenvalue weighted by Crippen LogP contribution is 2.22. The maximum Gasteiger partial charge on any atom is 0.226 e. The first kappa shape index (κ1) is 16.4. The lowest BCUT2D eigenvalue weighted by Crippen LogP contribution is -2.24. The van der Waals surface area contributed by atoms with Crippen LogP contribution in [-0.4, -0.2) is 35.4 Å². The van der Waals surface area contributed by atoms with E-state index >= 15 is 0 Å². The number of nitrogens with one attached hydrogen (secondary N) is 1. The average Bonchev–Trinajstić information content (AvgIpc) is 2.96. The van der Waals surface area contributed by atoms with E-state index in [2.05, 4.69) is 29.3 Å². The fraction of sp³-hybridized carbons (Fsp3) is 0.846. The monoisotopic (exact) mass is 289 g/mol. The second-order valence-electron chi connectivity index (χ2n) is 5.18. The molecule has 2 rings (SSSR count). The predicted molar refractivity (Wildman–Crippen MR) is 75.7 cm³/mol. The van der Waals surface area contributed by atoms with Gasteiger partial charge in [-0.1, -0.05) is 5.16 Å². The molecule has 1 aromatic heterocycles. The lowest BCUT2D eigenvalue weighted by Gasteiger charge is -2.08. The van der Waals surface area contributed by atoms with Gasteiger partial charge in [0.2, 0.25) is 5.89 Å². The number of ether oxygens (including phenoxy) is 1. The van der Waals surface area contributed by atoms with Gasteiger partial charge in [-0.3, -0.25) is 0 Å². The highest BCUT2D eigenvalue weighted by atomic mass is 35.5. The third-order valence-electron chi connectivity index (χ3n) is 3.49. The molecule has 1 aliphatic heterocycles. The Balaban J connectivity index is 0.00000180. The molecule has 0 aromatic carbocycles. The van der Waals surface area contributed by atoms with Crippen molar-refractivity contribution in [2.24, 2.45) is 0 Å². The van der Waals surface area contributed by atoms with E-state index in [0.29, 0.717) is 18.2 Å². The Kier molecular flexibility index (Phi) is 6.75. The molecule has 5 nitrogen and oxygen atoms in total. The van der Waals surface area contributed by atoms with Gasteiger partial charge in [0.1, 0.15) is 0 Å². The highest BCUT2D eigenvalue weighted by Gasteiger charge is 2.22. The summed E-state index contributed by atoms with van der Waals surface area (Å²) in [6, 6.07) is 0.370. The predicted octanol–water partition coefficient (Wildman–Crippen LogP) is 2.14. The third-order valence-corrected chi connectivity index (χ3v) is 3.49. The number of aryl methyl sites for hydroxylation is 1. The van der Waals surface area contributed by atoms with E-state index < -0.39 is 0 Å². The van der Waals surface area contributed by atoms with Gasteiger partial charge in [-0.2, -0.15) is 4.98 Å². The summed E-state index contributed by atoms with van der Waals surface area (Å²) in [5.74, 6) is 1.52. The zero-order valence-electron chi connectivity index (χ0n) is 11.9. The Morgan fingerprint density at radius 2 is 2.21 bits per heavy atom. The maximum absolute atomic E-state index is 5.77. The maximum atomic E-state index is 5.77. The van der Waals surface area contributed by atoms with Crippen LogP contribution in [-0.2, 0) is 17.6 Å².